The summed E-state index contributed by atoms with van der Waals surface area (Å²) in [6.45, 7) is 11.6. The third-order valence-corrected chi connectivity index (χ3v) is 4.24. The topological polar surface area (TPSA) is 18.5 Å². The lowest BCUT2D eigenvalue weighted by Gasteiger charge is -2.39. The van der Waals surface area contributed by atoms with E-state index in [4.69, 9.17) is 0 Å². The summed E-state index contributed by atoms with van der Waals surface area (Å²) in [5, 5.41) is 3.61. The maximum atomic E-state index is 3.61. The lowest BCUT2D eigenvalue weighted by molar-refractivity contribution is 0.103. The van der Waals surface area contributed by atoms with Gasteiger partial charge in [-0.1, -0.05) is 20.8 Å². The molecular formula is C15H33N3. The Morgan fingerprint density at radius 2 is 1.83 bits per heavy atom. The Kier molecular flexibility index (Phi) is 7.20. The molecule has 1 atom stereocenters. The number of piperidine rings is 1. The van der Waals surface area contributed by atoms with Crippen LogP contribution in [0.4, 0.5) is 0 Å². The summed E-state index contributed by atoms with van der Waals surface area (Å²) in [7, 11) is 4.55. The van der Waals surface area contributed by atoms with Gasteiger partial charge in [0.25, 0.3) is 0 Å². The quantitative estimate of drug-likeness (QED) is 0.751. The van der Waals surface area contributed by atoms with Crippen molar-refractivity contribution in [3.05, 3.63) is 0 Å². The molecule has 1 aliphatic rings. The lowest BCUT2D eigenvalue weighted by Crippen LogP contribution is -2.49. The molecule has 0 aliphatic carbocycles. The highest BCUT2D eigenvalue weighted by molar-refractivity contribution is 4.82. The van der Waals surface area contributed by atoms with Gasteiger partial charge in [-0.3, -0.25) is 4.90 Å². The van der Waals surface area contributed by atoms with E-state index >= 15 is 0 Å². The molecule has 1 rings (SSSR count). The predicted molar refractivity (Wildman–Crippen MR) is 80.1 cm³/mol. The minimum absolute atomic E-state index is 0.692. The van der Waals surface area contributed by atoms with Crippen LogP contribution in [0.15, 0.2) is 0 Å². The molecule has 1 heterocycles. The van der Waals surface area contributed by atoms with Crippen molar-refractivity contribution in [2.45, 2.75) is 52.1 Å². The molecule has 0 aromatic rings. The van der Waals surface area contributed by atoms with Gasteiger partial charge in [-0.25, -0.2) is 0 Å². The molecule has 1 unspecified atom stereocenters. The standard InChI is InChI=1S/C15H33N3/c1-6-14(12-16-11-13(2)3)18(5)15-7-9-17(4)10-8-15/h13-16H,6-12H2,1-5H3. The molecule has 3 heteroatoms. The zero-order chi connectivity index (χ0) is 13.5. The van der Waals surface area contributed by atoms with E-state index in [0.29, 0.717) is 6.04 Å². The van der Waals surface area contributed by atoms with Crippen LogP contribution in [0.2, 0.25) is 0 Å². The monoisotopic (exact) mass is 255 g/mol. The Labute approximate surface area is 114 Å². The van der Waals surface area contributed by atoms with E-state index in [0.717, 1.165) is 25.0 Å². The fourth-order valence-corrected chi connectivity index (χ4v) is 2.82. The van der Waals surface area contributed by atoms with E-state index in [9.17, 15) is 0 Å². The molecule has 3 nitrogen and oxygen atoms in total. The molecule has 0 aromatic carbocycles. The summed E-state index contributed by atoms with van der Waals surface area (Å²) >= 11 is 0. The maximum absolute atomic E-state index is 3.61. The van der Waals surface area contributed by atoms with Crippen LogP contribution in [-0.4, -0.2) is 62.2 Å². The Morgan fingerprint density at radius 3 is 2.33 bits per heavy atom. The molecule has 1 saturated heterocycles. The van der Waals surface area contributed by atoms with E-state index in [2.05, 4.69) is 50.0 Å². The van der Waals surface area contributed by atoms with Crippen LogP contribution < -0.4 is 5.32 Å². The number of nitrogens with zero attached hydrogens (tertiary/aromatic N) is 2. The molecule has 0 bridgehead atoms. The highest BCUT2D eigenvalue weighted by atomic mass is 15.2. The largest absolute Gasteiger partial charge is 0.315 e. The van der Waals surface area contributed by atoms with Crippen molar-refractivity contribution in [3.63, 3.8) is 0 Å². The first-order valence-corrected chi connectivity index (χ1v) is 7.65. The highest BCUT2D eigenvalue weighted by Gasteiger charge is 2.24. The zero-order valence-electron chi connectivity index (χ0n) is 13.1. The smallest absolute Gasteiger partial charge is 0.0217 e. The summed E-state index contributed by atoms with van der Waals surface area (Å²) in [5.74, 6) is 0.746. The van der Waals surface area contributed by atoms with E-state index < -0.39 is 0 Å². The van der Waals surface area contributed by atoms with Crippen LogP contribution in [0.1, 0.15) is 40.0 Å². The predicted octanol–water partition coefficient (Wildman–Crippen LogP) is 2.04. The number of hydrogen-bond acceptors (Lipinski definition) is 3. The number of likely N-dealkylation sites (N-methyl/N-ethyl adjacent to an activating group) is 1. The fraction of sp³-hybridized carbons (Fsp3) is 1.00. The average molecular weight is 255 g/mol. The second kappa shape index (κ2) is 8.13. The summed E-state index contributed by atoms with van der Waals surface area (Å²) in [6, 6.07) is 1.48. The van der Waals surface area contributed by atoms with Gasteiger partial charge in [-0.15, -0.1) is 0 Å². The van der Waals surface area contributed by atoms with Crippen molar-refractivity contribution in [3.8, 4) is 0 Å². The van der Waals surface area contributed by atoms with Crippen LogP contribution in [-0.2, 0) is 0 Å². The van der Waals surface area contributed by atoms with Crippen molar-refractivity contribution in [1.82, 2.24) is 15.1 Å². The first-order valence-electron chi connectivity index (χ1n) is 7.65. The van der Waals surface area contributed by atoms with E-state index in [-0.39, 0.29) is 0 Å². The Balaban J connectivity index is 2.34. The third-order valence-electron chi connectivity index (χ3n) is 4.24. The molecule has 0 radical (unpaired) electrons. The number of nitrogens with one attached hydrogen (secondary N) is 1. The van der Waals surface area contributed by atoms with E-state index in [1.165, 1.54) is 32.4 Å². The van der Waals surface area contributed by atoms with Crippen molar-refractivity contribution in [1.29, 1.82) is 0 Å². The molecule has 0 saturated carbocycles. The van der Waals surface area contributed by atoms with Crippen molar-refractivity contribution in [2.24, 2.45) is 5.92 Å². The molecular weight excluding hydrogens is 222 g/mol. The molecule has 108 valence electrons. The highest BCUT2D eigenvalue weighted by Crippen LogP contribution is 2.17. The molecule has 0 aromatic heterocycles. The van der Waals surface area contributed by atoms with E-state index in [1.807, 2.05) is 0 Å². The fourth-order valence-electron chi connectivity index (χ4n) is 2.82. The number of likely N-dealkylation sites (tertiary alicyclic amines) is 1. The van der Waals surface area contributed by atoms with E-state index in [1.54, 1.807) is 0 Å². The van der Waals surface area contributed by atoms with Crippen molar-refractivity contribution in [2.75, 3.05) is 40.3 Å². The zero-order valence-corrected chi connectivity index (χ0v) is 13.1. The Bertz CT molecular complexity index is 210. The van der Waals surface area contributed by atoms with Gasteiger partial charge >= 0.3 is 0 Å². The van der Waals surface area contributed by atoms with Gasteiger partial charge in [0, 0.05) is 18.6 Å². The Hall–Kier alpha value is -0.120. The van der Waals surface area contributed by atoms with Crippen LogP contribution >= 0.6 is 0 Å². The van der Waals surface area contributed by atoms with Gasteiger partial charge in [0.05, 0.1) is 0 Å². The molecule has 18 heavy (non-hydrogen) atoms. The normalized spacial score (nSPS) is 20.8. The summed E-state index contributed by atoms with van der Waals surface area (Å²) in [5.41, 5.74) is 0. The molecule has 1 aliphatic heterocycles. The van der Waals surface area contributed by atoms with Crippen LogP contribution in [0.5, 0.6) is 0 Å². The van der Waals surface area contributed by atoms with Crippen molar-refractivity contribution >= 4 is 0 Å². The second-order valence-electron chi connectivity index (χ2n) is 6.31. The average Bonchev–Trinajstić information content (AvgIpc) is 2.34. The summed E-state index contributed by atoms with van der Waals surface area (Å²) < 4.78 is 0. The van der Waals surface area contributed by atoms with Gasteiger partial charge in [0.2, 0.25) is 0 Å². The third kappa shape index (κ3) is 5.25. The Morgan fingerprint density at radius 1 is 1.22 bits per heavy atom. The van der Waals surface area contributed by atoms with Gasteiger partial charge < -0.3 is 10.2 Å². The molecule has 1 N–H and O–H groups in total. The number of rotatable bonds is 7. The van der Waals surface area contributed by atoms with Crippen molar-refractivity contribution < 1.29 is 0 Å². The van der Waals surface area contributed by atoms with Crippen LogP contribution in [0, 0.1) is 5.92 Å². The first kappa shape index (κ1) is 15.9. The minimum Gasteiger partial charge on any atom is -0.315 e. The minimum atomic E-state index is 0.692. The lowest BCUT2D eigenvalue weighted by atomic mass is 10.0. The SMILES string of the molecule is CCC(CNCC(C)C)N(C)C1CCN(C)CC1. The maximum Gasteiger partial charge on any atom is 0.0217 e. The van der Waals surface area contributed by atoms with Gasteiger partial charge in [-0.05, 0) is 58.9 Å². The molecule has 0 amide bonds. The van der Waals surface area contributed by atoms with Gasteiger partial charge in [-0.2, -0.15) is 0 Å². The van der Waals surface area contributed by atoms with Gasteiger partial charge in [0.1, 0.15) is 0 Å². The van der Waals surface area contributed by atoms with Gasteiger partial charge in [0.15, 0.2) is 0 Å². The molecule has 0 spiro atoms. The molecule has 1 fully saturated rings. The second-order valence-corrected chi connectivity index (χ2v) is 6.31. The van der Waals surface area contributed by atoms with Crippen LogP contribution in [0.25, 0.3) is 0 Å². The summed E-state index contributed by atoms with van der Waals surface area (Å²) in [6.07, 6.45) is 3.90. The summed E-state index contributed by atoms with van der Waals surface area (Å²) in [4.78, 5) is 5.07. The van der Waals surface area contributed by atoms with Crippen LogP contribution in [0.3, 0.4) is 0 Å². The first-order chi connectivity index (χ1) is 8.54. The number of hydrogen-bond donors (Lipinski definition) is 1.